The second kappa shape index (κ2) is 7.70. The fourth-order valence-electron chi connectivity index (χ4n) is 2.58. The highest BCUT2D eigenvalue weighted by Crippen LogP contribution is 2.30. The van der Waals surface area contributed by atoms with Crippen molar-refractivity contribution in [1.82, 2.24) is 15.3 Å². The van der Waals surface area contributed by atoms with Crippen LogP contribution in [0.3, 0.4) is 0 Å². The summed E-state index contributed by atoms with van der Waals surface area (Å²) < 4.78 is 0. The molecule has 1 atom stereocenters. The molecule has 3 rings (SSSR count). The van der Waals surface area contributed by atoms with Gasteiger partial charge in [-0.25, -0.2) is 9.97 Å². The van der Waals surface area contributed by atoms with Crippen molar-refractivity contribution in [2.75, 3.05) is 18.4 Å². The van der Waals surface area contributed by atoms with Gasteiger partial charge in [-0.2, -0.15) is 0 Å². The van der Waals surface area contributed by atoms with Crippen molar-refractivity contribution in [2.24, 2.45) is 0 Å². The Labute approximate surface area is 156 Å². The van der Waals surface area contributed by atoms with E-state index in [4.69, 9.17) is 34.8 Å². The van der Waals surface area contributed by atoms with Gasteiger partial charge in [0.15, 0.2) is 5.82 Å². The zero-order valence-corrected chi connectivity index (χ0v) is 15.4. The fourth-order valence-corrected chi connectivity index (χ4v) is 3.30. The van der Waals surface area contributed by atoms with Crippen LogP contribution in [0, 0.1) is 0 Å². The summed E-state index contributed by atoms with van der Waals surface area (Å²) in [5.41, 5.74) is 2.06. The van der Waals surface area contributed by atoms with E-state index in [9.17, 15) is 0 Å². The number of aromatic nitrogens is 2. The van der Waals surface area contributed by atoms with Crippen LogP contribution in [0.5, 0.6) is 0 Å². The lowest BCUT2D eigenvalue weighted by molar-refractivity contribution is 0.734. The van der Waals surface area contributed by atoms with Gasteiger partial charge in [0.2, 0.25) is 0 Å². The van der Waals surface area contributed by atoms with E-state index >= 15 is 0 Å². The first kappa shape index (κ1) is 17.5. The van der Waals surface area contributed by atoms with Crippen LogP contribution < -0.4 is 10.6 Å². The quantitative estimate of drug-likeness (QED) is 0.781. The lowest BCUT2D eigenvalue weighted by Crippen LogP contribution is -2.21. The highest BCUT2D eigenvalue weighted by Gasteiger charge is 2.15. The molecule has 0 saturated carbocycles. The van der Waals surface area contributed by atoms with Crippen molar-refractivity contribution in [3.05, 3.63) is 56.9 Å². The molecule has 1 aromatic heterocycles. The molecule has 1 aliphatic rings. The zero-order chi connectivity index (χ0) is 17.1. The molecule has 2 aromatic rings. The lowest BCUT2D eigenvalue weighted by atomic mass is 10.1. The minimum Gasteiger partial charge on any atom is -0.362 e. The van der Waals surface area contributed by atoms with Crippen LogP contribution >= 0.6 is 34.8 Å². The van der Waals surface area contributed by atoms with Gasteiger partial charge in [0.05, 0.1) is 12.2 Å². The average molecular weight is 384 g/mol. The second-order valence-corrected chi connectivity index (χ2v) is 6.86. The highest BCUT2D eigenvalue weighted by molar-refractivity contribution is 6.35. The largest absolute Gasteiger partial charge is 0.362 e. The number of benzene rings is 1. The summed E-state index contributed by atoms with van der Waals surface area (Å²) in [5.74, 6) is 1.30. The second-order valence-electron chi connectivity index (χ2n) is 5.61. The van der Waals surface area contributed by atoms with Gasteiger partial charge in [-0.15, -0.1) is 0 Å². The van der Waals surface area contributed by atoms with Crippen molar-refractivity contribution in [3.63, 3.8) is 0 Å². The number of hydrogen-bond donors (Lipinski definition) is 2. The summed E-state index contributed by atoms with van der Waals surface area (Å²) in [4.78, 5) is 8.94. The Morgan fingerprint density at radius 3 is 2.75 bits per heavy atom. The van der Waals surface area contributed by atoms with Gasteiger partial charge in [0.25, 0.3) is 0 Å². The maximum absolute atomic E-state index is 6.28. The van der Waals surface area contributed by atoms with Gasteiger partial charge in [-0.3, -0.25) is 0 Å². The van der Waals surface area contributed by atoms with Crippen LogP contribution in [0.25, 0.3) is 5.57 Å². The Hall–Kier alpha value is -1.33. The number of nitrogens with one attached hydrogen (secondary N) is 2. The SMILES string of the molecule is C[C@@H](Nc1nc(C2=CCNCC2)ncc1Cl)c1ccc(Cl)cc1Cl. The van der Waals surface area contributed by atoms with Gasteiger partial charge in [-0.05, 0) is 43.2 Å². The van der Waals surface area contributed by atoms with Crippen molar-refractivity contribution in [2.45, 2.75) is 19.4 Å². The molecule has 1 aromatic carbocycles. The first-order valence-corrected chi connectivity index (χ1v) is 8.82. The van der Waals surface area contributed by atoms with E-state index in [-0.39, 0.29) is 6.04 Å². The Kier molecular flexibility index (Phi) is 5.61. The molecular weight excluding hydrogens is 367 g/mol. The van der Waals surface area contributed by atoms with E-state index in [0.717, 1.165) is 30.6 Å². The molecule has 126 valence electrons. The number of hydrogen-bond acceptors (Lipinski definition) is 4. The first-order chi connectivity index (χ1) is 11.5. The minimum atomic E-state index is -0.0722. The molecular formula is C17H17Cl3N4. The summed E-state index contributed by atoms with van der Waals surface area (Å²) in [6.07, 6.45) is 4.64. The van der Waals surface area contributed by atoms with Crippen LogP contribution in [-0.4, -0.2) is 23.1 Å². The third-order valence-electron chi connectivity index (χ3n) is 3.88. The molecule has 2 N–H and O–H groups in total. The zero-order valence-electron chi connectivity index (χ0n) is 13.1. The molecule has 0 aliphatic carbocycles. The van der Waals surface area contributed by atoms with Crippen molar-refractivity contribution in [1.29, 1.82) is 0 Å². The fraction of sp³-hybridized carbons (Fsp3) is 0.294. The van der Waals surface area contributed by atoms with E-state index in [0.29, 0.717) is 26.7 Å². The minimum absolute atomic E-state index is 0.0722. The molecule has 24 heavy (non-hydrogen) atoms. The lowest BCUT2D eigenvalue weighted by Gasteiger charge is -2.19. The van der Waals surface area contributed by atoms with Gasteiger partial charge in [0, 0.05) is 16.6 Å². The number of rotatable bonds is 4. The predicted molar refractivity (Wildman–Crippen MR) is 101 cm³/mol. The van der Waals surface area contributed by atoms with Gasteiger partial charge < -0.3 is 10.6 Å². The van der Waals surface area contributed by atoms with Crippen LogP contribution in [0.15, 0.2) is 30.5 Å². The molecule has 0 unspecified atom stereocenters. The topological polar surface area (TPSA) is 49.8 Å². The van der Waals surface area contributed by atoms with E-state index in [2.05, 4.69) is 26.7 Å². The summed E-state index contributed by atoms with van der Waals surface area (Å²) in [6.45, 7) is 3.76. The smallest absolute Gasteiger partial charge is 0.157 e. The summed E-state index contributed by atoms with van der Waals surface area (Å²) in [5, 5.41) is 8.28. The third-order valence-corrected chi connectivity index (χ3v) is 4.72. The molecule has 4 nitrogen and oxygen atoms in total. The molecule has 1 aliphatic heterocycles. The van der Waals surface area contributed by atoms with Crippen molar-refractivity contribution in [3.8, 4) is 0 Å². The van der Waals surface area contributed by atoms with Crippen LogP contribution in [-0.2, 0) is 0 Å². The van der Waals surface area contributed by atoms with E-state index < -0.39 is 0 Å². The monoisotopic (exact) mass is 382 g/mol. The number of halogens is 3. The average Bonchev–Trinajstić information content (AvgIpc) is 2.57. The van der Waals surface area contributed by atoms with Crippen LogP contribution in [0.4, 0.5) is 5.82 Å². The Morgan fingerprint density at radius 2 is 2.04 bits per heavy atom. The van der Waals surface area contributed by atoms with Gasteiger partial charge in [-0.1, -0.05) is 46.9 Å². The standard InChI is InChI=1S/C17H17Cl3N4/c1-10(13-3-2-12(18)8-14(13)19)23-17-15(20)9-22-16(24-17)11-4-6-21-7-5-11/h2-4,8-10,21H,5-7H2,1H3,(H,22,23,24)/t10-/m1/s1. The molecule has 0 spiro atoms. The van der Waals surface area contributed by atoms with E-state index in [1.807, 2.05) is 19.1 Å². The van der Waals surface area contributed by atoms with Crippen molar-refractivity contribution >= 4 is 46.2 Å². The Balaban J connectivity index is 1.84. The molecule has 0 amide bonds. The van der Waals surface area contributed by atoms with Gasteiger partial charge in [0.1, 0.15) is 10.8 Å². The number of anilines is 1. The summed E-state index contributed by atoms with van der Waals surface area (Å²) in [7, 11) is 0. The summed E-state index contributed by atoms with van der Waals surface area (Å²) >= 11 is 18.5. The van der Waals surface area contributed by atoms with Crippen molar-refractivity contribution < 1.29 is 0 Å². The molecule has 7 heteroatoms. The molecule has 0 saturated heterocycles. The Morgan fingerprint density at radius 1 is 1.21 bits per heavy atom. The normalized spacial score (nSPS) is 15.8. The maximum Gasteiger partial charge on any atom is 0.157 e. The molecule has 2 heterocycles. The summed E-state index contributed by atoms with van der Waals surface area (Å²) in [6, 6.07) is 5.36. The number of nitrogens with zero attached hydrogens (tertiary/aromatic N) is 2. The van der Waals surface area contributed by atoms with E-state index in [1.165, 1.54) is 0 Å². The molecule has 0 fully saturated rings. The molecule has 0 bridgehead atoms. The first-order valence-electron chi connectivity index (χ1n) is 7.68. The third kappa shape index (κ3) is 4.01. The maximum atomic E-state index is 6.28. The molecule has 0 radical (unpaired) electrons. The van der Waals surface area contributed by atoms with E-state index in [1.54, 1.807) is 12.3 Å². The van der Waals surface area contributed by atoms with Crippen LogP contribution in [0.1, 0.15) is 30.8 Å². The highest BCUT2D eigenvalue weighted by atomic mass is 35.5. The van der Waals surface area contributed by atoms with Crippen LogP contribution in [0.2, 0.25) is 15.1 Å². The van der Waals surface area contributed by atoms with Gasteiger partial charge >= 0.3 is 0 Å². The predicted octanol–water partition coefficient (Wildman–Crippen LogP) is 4.99. The Bertz CT molecular complexity index is 776.